The van der Waals surface area contributed by atoms with Crippen molar-refractivity contribution in [3.8, 4) is 0 Å². The van der Waals surface area contributed by atoms with E-state index in [1.54, 1.807) is 0 Å². The lowest BCUT2D eigenvalue weighted by Gasteiger charge is -2.22. The third-order valence-corrected chi connectivity index (χ3v) is 1.39. The maximum atomic E-state index is 11.2. The van der Waals surface area contributed by atoms with E-state index >= 15 is 0 Å². The lowest BCUT2D eigenvalue weighted by atomic mass is 10.2. The average Bonchev–Trinajstić information content (AvgIpc) is 1.77. The molecule has 0 radical (unpaired) electrons. The maximum absolute atomic E-state index is 11.2. The molecule has 5 N–H and O–H groups in total. The fourth-order valence-electron chi connectivity index (χ4n) is 0.976. The first-order valence-electron chi connectivity index (χ1n) is 4.71. The summed E-state index contributed by atoms with van der Waals surface area (Å²) in [4.78, 5) is 11.2. The van der Waals surface area contributed by atoms with Crippen LogP contribution in [0.2, 0.25) is 0 Å². The number of carbonyl (C=O) groups excluding carboxylic acids is 1. The summed E-state index contributed by atoms with van der Waals surface area (Å²) >= 11 is 0. The van der Waals surface area contributed by atoms with Crippen molar-refractivity contribution in [1.29, 1.82) is 0 Å². The molecule has 0 aromatic carbocycles. The maximum Gasteiger partial charge on any atom is 0.407 e. The van der Waals surface area contributed by atoms with Gasteiger partial charge in [-0.15, -0.1) is 0 Å². The minimum absolute atomic E-state index is 0.0788. The molecule has 0 spiro atoms. The van der Waals surface area contributed by atoms with Gasteiger partial charge in [0.05, 0.1) is 6.17 Å². The van der Waals surface area contributed by atoms with E-state index in [0.717, 1.165) is 0 Å². The Kier molecular flexibility index (Phi) is 4.87. The van der Waals surface area contributed by atoms with Crippen LogP contribution in [0.5, 0.6) is 0 Å². The minimum Gasteiger partial charge on any atom is -0.444 e. The van der Waals surface area contributed by atoms with Crippen LogP contribution in [0.1, 0.15) is 34.1 Å². The van der Waals surface area contributed by atoms with Gasteiger partial charge in [0.1, 0.15) is 5.60 Å². The zero-order valence-corrected chi connectivity index (χ0v) is 9.33. The number of nitrogens with two attached hydrogens (primary N) is 2. The summed E-state index contributed by atoms with van der Waals surface area (Å²) in [6.07, 6.45) is -0.329. The molecule has 84 valence electrons. The second kappa shape index (κ2) is 5.17. The van der Waals surface area contributed by atoms with Gasteiger partial charge >= 0.3 is 6.09 Å². The van der Waals surface area contributed by atoms with Crippen LogP contribution < -0.4 is 16.8 Å². The Balaban J connectivity index is 3.83. The second-order valence-electron chi connectivity index (χ2n) is 4.45. The molecule has 0 heterocycles. The Hall–Kier alpha value is -0.810. The number of hydrogen-bond donors (Lipinski definition) is 3. The highest BCUT2D eigenvalue weighted by atomic mass is 16.6. The van der Waals surface area contributed by atoms with Crippen molar-refractivity contribution in [2.45, 2.75) is 51.9 Å². The number of ether oxygens (including phenoxy) is 1. The zero-order chi connectivity index (χ0) is 11.4. The van der Waals surface area contributed by atoms with Crippen LogP contribution in [-0.4, -0.2) is 23.9 Å². The fraction of sp³-hybridized carbons (Fsp3) is 0.889. The van der Waals surface area contributed by atoms with Gasteiger partial charge in [0.2, 0.25) is 0 Å². The van der Waals surface area contributed by atoms with Gasteiger partial charge in [0.15, 0.2) is 0 Å². The number of alkyl carbamates (subject to hydrolysis) is 1. The number of hydrogen-bond acceptors (Lipinski definition) is 4. The zero-order valence-electron chi connectivity index (χ0n) is 9.33. The number of nitrogens with one attached hydrogen (secondary N) is 1. The molecule has 5 nitrogen and oxygen atoms in total. The average molecular weight is 203 g/mol. The molecule has 1 unspecified atom stereocenters. The molecule has 14 heavy (non-hydrogen) atoms. The van der Waals surface area contributed by atoms with Gasteiger partial charge < -0.3 is 21.5 Å². The largest absolute Gasteiger partial charge is 0.444 e. The van der Waals surface area contributed by atoms with Crippen molar-refractivity contribution in [2.75, 3.05) is 0 Å². The predicted molar refractivity (Wildman–Crippen MR) is 55.6 cm³/mol. The molecule has 0 aliphatic carbocycles. The van der Waals surface area contributed by atoms with E-state index in [9.17, 15) is 4.79 Å². The van der Waals surface area contributed by atoms with Crippen molar-refractivity contribution >= 4 is 6.09 Å². The molecule has 0 aliphatic rings. The van der Waals surface area contributed by atoms with Crippen LogP contribution >= 0.6 is 0 Å². The van der Waals surface area contributed by atoms with Crippen molar-refractivity contribution in [3.05, 3.63) is 0 Å². The van der Waals surface area contributed by atoms with E-state index in [4.69, 9.17) is 16.2 Å². The normalized spacial score (nSPS) is 13.9. The van der Waals surface area contributed by atoms with Gasteiger partial charge in [0.25, 0.3) is 0 Å². The minimum atomic E-state index is -0.478. The van der Waals surface area contributed by atoms with E-state index in [1.165, 1.54) is 0 Å². The van der Waals surface area contributed by atoms with Gasteiger partial charge in [-0.25, -0.2) is 4.79 Å². The van der Waals surface area contributed by atoms with Gasteiger partial charge in [-0.2, -0.15) is 0 Å². The molecule has 0 fully saturated rings. The number of amides is 1. The smallest absolute Gasteiger partial charge is 0.407 e. The van der Waals surface area contributed by atoms with Crippen LogP contribution in [0.3, 0.4) is 0 Å². The highest BCUT2D eigenvalue weighted by Crippen LogP contribution is 2.07. The van der Waals surface area contributed by atoms with Crippen molar-refractivity contribution in [1.82, 2.24) is 5.32 Å². The molecule has 0 saturated carbocycles. The van der Waals surface area contributed by atoms with Gasteiger partial charge in [-0.1, -0.05) is 0 Å². The lowest BCUT2D eigenvalue weighted by molar-refractivity contribution is 0.0505. The Morgan fingerprint density at radius 2 is 1.93 bits per heavy atom. The van der Waals surface area contributed by atoms with Crippen molar-refractivity contribution in [3.63, 3.8) is 0 Å². The third kappa shape index (κ3) is 7.82. The number of rotatable bonds is 3. The Morgan fingerprint density at radius 3 is 2.29 bits per heavy atom. The molecule has 0 bridgehead atoms. The highest BCUT2D eigenvalue weighted by Gasteiger charge is 2.17. The van der Waals surface area contributed by atoms with E-state index in [1.807, 2.05) is 27.7 Å². The molecular formula is C9H21N3O2. The molecular weight excluding hydrogens is 182 g/mol. The Labute approximate surface area is 85.2 Å². The van der Waals surface area contributed by atoms with E-state index < -0.39 is 17.9 Å². The molecule has 5 heteroatoms. The van der Waals surface area contributed by atoms with Crippen LogP contribution in [0.4, 0.5) is 4.79 Å². The molecule has 0 saturated heterocycles. The summed E-state index contributed by atoms with van der Waals surface area (Å²) in [6.45, 7) is 7.26. The summed E-state index contributed by atoms with van der Waals surface area (Å²) in [5.41, 5.74) is 10.3. The van der Waals surface area contributed by atoms with Crippen LogP contribution in [-0.2, 0) is 4.74 Å². The summed E-state index contributed by atoms with van der Waals surface area (Å²) in [5, 5.41) is 2.65. The molecule has 0 aromatic rings. The molecule has 1 amide bonds. The van der Waals surface area contributed by atoms with Crippen LogP contribution in [0.15, 0.2) is 0 Å². The number of carbonyl (C=O) groups is 1. The molecule has 1 atom stereocenters. The molecule has 0 aliphatic heterocycles. The Bertz CT molecular complexity index is 187. The predicted octanol–water partition coefficient (Wildman–Crippen LogP) is 0.533. The Morgan fingerprint density at radius 1 is 1.43 bits per heavy atom. The molecule has 0 rings (SSSR count). The lowest BCUT2D eigenvalue weighted by Crippen LogP contribution is -2.43. The van der Waals surface area contributed by atoms with E-state index in [0.29, 0.717) is 6.42 Å². The highest BCUT2D eigenvalue weighted by molar-refractivity contribution is 5.67. The standard InChI is InChI=1S/C9H21N3O2/c1-6(5-7(10)11)12-8(13)14-9(2,3)4/h6-7H,5,10-11H2,1-4H3,(H,12,13). The first-order chi connectivity index (χ1) is 6.20. The van der Waals surface area contributed by atoms with Crippen LogP contribution in [0, 0.1) is 0 Å². The van der Waals surface area contributed by atoms with Gasteiger partial charge in [0, 0.05) is 6.04 Å². The first-order valence-corrected chi connectivity index (χ1v) is 4.71. The summed E-state index contributed by atoms with van der Waals surface area (Å²) in [7, 11) is 0. The topological polar surface area (TPSA) is 90.4 Å². The van der Waals surface area contributed by atoms with Crippen LogP contribution in [0.25, 0.3) is 0 Å². The van der Waals surface area contributed by atoms with Gasteiger partial charge in [-0.3, -0.25) is 0 Å². The quantitative estimate of drug-likeness (QED) is 0.584. The second-order valence-corrected chi connectivity index (χ2v) is 4.45. The van der Waals surface area contributed by atoms with Crippen molar-refractivity contribution < 1.29 is 9.53 Å². The molecule has 0 aromatic heterocycles. The summed E-state index contributed by atoms with van der Waals surface area (Å²) in [6, 6.07) is -0.0788. The fourth-order valence-corrected chi connectivity index (χ4v) is 0.976. The SMILES string of the molecule is CC(CC(N)N)NC(=O)OC(C)(C)C. The monoisotopic (exact) mass is 203 g/mol. The summed E-state index contributed by atoms with van der Waals surface area (Å²) in [5.74, 6) is 0. The first kappa shape index (κ1) is 13.2. The van der Waals surface area contributed by atoms with Gasteiger partial charge in [-0.05, 0) is 34.1 Å². The van der Waals surface area contributed by atoms with E-state index in [2.05, 4.69) is 5.32 Å². The third-order valence-electron chi connectivity index (χ3n) is 1.39. The van der Waals surface area contributed by atoms with E-state index in [-0.39, 0.29) is 6.04 Å². The van der Waals surface area contributed by atoms with Crippen molar-refractivity contribution in [2.24, 2.45) is 11.5 Å². The summed E-state index contributed by atoms with van der Waals surface area (Å²) < 4.78 is 5.06.